The summed E-state index contributed by atoms with van der Waals surface area (Å²) < 4.78 is 7.35. The van der Waals surface area contributed by atoms with E-state index in [1.165, 1.54) is 91.7 Å². The van der Waals surface area contributed by atoms with Gasteiger partial charge in [0, 0.05) is 49.4 Å². The Morgan fingerprint density at radius 3 is 1.15 bits per heavy atom. The third-order valence-corrected chi connectivity index (χ3v) is 18.6. The van der Waals surface area contributed by atoms with Gasteiger partial charge in [-0.05, 0) is 100.0 Å². The smallest absolute Gasteiger partial charge is 0.179 e. The fourth-order valence-electron chi connectivity index (χ4n) is 11.0. The van der Waals surface area contributed by atoms with Crippen LogP contribution in [0.2, 0.25) is 0 Å². The van der Waals surface area contributed by atoms with Crippen molar-refractivity contribution in [1.29, 1.82) is 0 Å². The Bertz CT molecular complexity index is 3840. The predicted octanol–water partition coefficient (Wildman–Crippen LogP) is 12.7. The van der Waals surface area contributed by atoms with Gasteiger partial charge in [-0.2, -0.15) is 0 Å². The minimum absolute atomic E-state index is 1.13. The molecular formula is C61H43N3Si. The molecule has 0 aliphatic carbocycles. The minimum Gasteiger partial charge on any atom is -0.309 e. The van der Waals surface area contributed by atoms with E-state index in [1.807, 2.05) is 0 Å². The standard InChI is InChI=1S/C61H43N3Si/c1-42-29-36-53-50-23-12-15-27-57(50)64(60(53)39-42)44-33-38-59-55(40-44)52-25-13-16-28-58(52)63(59)45-32-37-54-51-24-11-14-26-56(51)62(61(54)41-45)43-30-34-49(35-31-43)65(46-17-5-2-6-18-46,47-19-7-3-8-20-47)48-21-9-4-10-22-48/h2-41H,1H3. The first-order valence-corrected chi connectivity index (χ1v) is 24.5. The van der Waals surface area contributed by atoms with Crippen LogP contribution in [0.3, 0.4) is 0 Å². The third kappa shape index (κ3) is 5.61. The summed E-state index contributed by atoms with van der Waals surface area (Å²) in [6, 6.07) is 90.3. The van der Waals surface area contributed by atoms with Crippen LogP contribution in [0.1, 0.15) is 5.56 Å². The lowest BCUT2D eigenvalue weighted by Crippen LogP contribution is -2.74. The maximum Gasteiger partial charge on any atom is 0.179 e. The molecule has 0 spiro atoms. The lowest BCUT2D eigenvalue weighted by atomic mass is 10.1. The Morgan fingerprint density at radius 2 is 0.600 bits per heavy atom. The lowest BCUT2D eigenvalue weighted by molar-refractivity contribution is 1.15. The van der Waals surface area contributed by atoms with Gasteiger partial charge >= 0.3 is 0 Å². The molecule has 0 fully saturated rings. The molecule has 0 radical (unpaired) electrons. The van der Waals surface area contributed by atoms with Crippen molar-refractivity contribution in [3.63, 3.8) is 0 Å². The summed E-state index contributed by atoms with van der Waals surface area (Å²) in [5.41, 5.74) is 11.9. The van der Waals surface area contributed by atoms with Gasteiger partial charge in [-0.1, -0.05) is 176 Å². The predicted molar refractivity (Wildman–Crippen MR) is 278 cm³/mol. The summed E-state index contributed by atoms with van der Waals surface area (Å²) in [7, 11) is -2.68. The fourth-order valence-corrected chi connectivity index (χ4v) is 15.8. The number of benzene rings is 10. The molecule has 3 aromatic heterocycles. The number of para-hydroxylation sites is 3. The molecule has 13 aromatic rings. The summed E-state index contributed by atoms with van der Waals surface area (Å²) in [4.78, 5) is 0. The zero-order valence-corrected chi connectivity index (χ0v) is 36.9. The summed E-state index contributed by atoms with van der Waals surface area (Å²) >= 11 is 0. The van der Waals surface area contributed by atoms with Gasteiger partial charge in [0.25, 0.3) is 0 Å². The Morgan fingerprint density at radius 1 is 0.246 bits per heavy atom. The van der Waals surface area contributed by atoms with Crippen molar-refractivity contribution in [3.05, 3.63) is 248 Å². The highest BCUT2D eigenvalue weighted by molar-refractivity contribution is 7.19. The van der Waals surface area contributed by atoms with Crippen molar-refractivity contribution in [2.75, 3.05) is 0 Å². The molecule has 4 heteroatoms. The summed E-state index contributed by atoms with van der Waals surface area (Å²) in [5, 5.41) is 13.0. The van der Waals surface area contributed by atoms with E-state index >= 15 is 0 Å². The maximum absolute atomic E-state index is 2.68. The molecule has 0 saturated carbocycles. The quantitative estimate of drug-likeness (QED) is 0.112. The van der Waals surface area contributed by atoms with Gasteiger partial charge in [0.1, 0.15) is 0 Å². The van der Waals surface area contributed by atoms with Crippen LogP contribution in [-0.2, 0) is 0 Å². The van der Waals surface area contributed by atoms with Crippen molar-refractivity contribution in [3.8, 4) is 17.1 Å². The highest BCUT2D eigenvalue weighted by Gasteiger charge is 2.41. The zero-order valence-electron chi connectivity index (χ0n) is 35.9. The normalized spacial score (nSPS) is 12.1. The van der Waals surface area contributed by atoms with Gasteiger partial charge in [0.2, 0.25) is 0 Å². The van der Waals surface area contributed by atoms with E-state index in [0.29, 0.717) is 0 Å². The molecule has 306 valence electrons. The topological polar surface area (TPSA) is 14.8 Å². The van der Waals surface area contributed by atoms with Gasteiger partial charge < -0.3 is 13.7 Å². The van der Waals surface area contributed by atoms with Crippen molar-refractivity contribution in [2.24, 2.45) is 0 Å². The van der Waals surface area contributed by atoms with Crippen molar-refractivity contribution in [1.82, 2.24) is 13.7 Å². The number of hydrogen-bond acceptors (Lipinski definition) is 0. The third-order valence-electron chi connectivity index (χ3n) is 13.8. The van der Waals surface area contributed by atoms with Crippen LogP contribution in [0, 0.1) is 6.92 Å². The highest BCUT2D eigenvalue weighted by Crippen LogP contribution is 2.39. The van der Waals surface area contributed by atoms with E-state index < -0.39 is 8.07 Å². The molecular weight excluding hydrogens is 803 g/mol. The molecule has 3 nitrogen and oxygen atoms in total. The van der Waals surface area contributed by atoms with Gasteiger partial charge in [-0.25, -0.2) is 0 Å². The Labute approximate surface area is 378 Å². The maximum atomic E-state index is 2.46. The fraction of sp³-hybridized carbons (Fsp3) is 0.0164. The summed E-state index contributed by atoms with van der Waals surface area (Å²) in [6.45, 7) is 2.18. The summed E-state index contributed by atoms with van der Waals surface area (Å²) in [5.74, 6) is 0. The van der Waals surface area contributed by atoms with Crippen molar-refractivity contribution >= 4 is 94.2 Å². The first-order chi connectivity index (χ1) is 32.2. The van der Waals surface area contributed by atoms with Crippen LogP contribution in [0.15, 0.2) is 243 Å². The van der Waals surface area contributed by atoms with Crippen LogP contribution in [-0.4, -0.2) is 21.8 Å². The van der Waals surface area contributed by atoms with Crippen molar-refractivity contribution < 1.29 is 0 Å². The van der Waals surface area contributed by atoms with Gasteiger partial charge in [-0.3, -0.25) is 0 Å². The van der Waals surface area contributed by atoms with E-state index in [9.17, 15) is 0 Å². The molecule has 0 atom stereocenters. The second-order valence-electron chi connectivity index (χ2n) is 17.4. The van der Waals surface area contributed by atoms with Crippen LogP contribution in [0.4, 0.5) is 0 Å². The van der Waals surface area contributed by atoms with E-state index in [2.05, 4.69) is 263 Å². The lowest BCUT2D eigenvalue weighted by Gasteiger charge is -2.34. The number of aryl methyl sites for hydroxylation is 1. The number of hydrogen-bond donors (Lipinski definition) is 0. The Balaban J connectivity index is 1.00. The SMILES string of the molecule is Cc1ccc2c3ccccc3n(-c3ccc4c(c3)c3ccccc3n4-c3ccc4c5ccccc5n(-c5ccc([Si](c6ccccc6)(c6ccccc6)c6ccccc6)cc5)c4c3)c2c1. The van der Waals surface area contributed by atoms with Crippen molar-refractivity contribution in [2.45, 2.75) is 6.92 Å². The van der Waals surface area contributed by atoms with Crippen LogP contribution >= 0.6 is 0 Å². The zero-order chi connectivity index (χ0) is 43.1. The molecule has 3 heterocycles. The minimum atomic E-state index is -2.68. The van der Waals surface area contributed by atoms with E-state index in [-0.39, 0.29) is 0 Å². The largest absolute Gasteiger partial charge is 0.309 e. The number of nitrogens with zero attached hydrogens (tertiary/aromatic N) is 3. The molecule has 0 aliphatic heterocycles. The number of rotatable bonds is 7. The Kier molecular flexibility index (Phi) is 8.45. The van der Waals surface area contributed by atoms with Crippen LogP contribution in [0.25, 0.3) is 82.5 Å². The van der Waals surface area contributed by atoms with Gasteiger partial charge in [0.05, 0.1) is 33.1 Å². The first kappa shape index (κ1) is 37.4. The van der Waals surface area contributed by atoms with Crippen LogP contribution in [0.5, 0.6) is 0 Å². The molecule has 13 rings (SSSR count). The monoisotopic (exact) mass is 845 g/mol. The second-order valence-corrected chi connectivity index (χ2v) is 21.2. The van der Waals surface area contributed by atoms with Gasteiger partial charge in [-0.15, -0.1) is 0 Å². The molecule has 10 aromatic carbocycles. The molecule has 0 unspecified atom stereocenters. The number of aromatic nitrogens is 3. The molecule has 0 saturated heterocycles. The average molecular weight is 846 g/mol. The van der Waals surface area contributed by atoms with E-state index in [0.717, 1.165) is 17.1 Å². The van der Waals surface area contributed by atoms with Crippen LogP contribution < -0.4 is 20.7 Å². The highest BCUT2D eigenvalue weighted by atomic mass is 28.3. The molecule has 0 N–H and O–H groups in total. The first-order valence-electron chi connectivity index (χ1n) is 22.5. The van der Waals surface area contributed by atoms with E-state index in [4.69, 9.17) is 0 Å². The van der Waals surface area contributed by atoms with E-state index in [1.54, 1.807) is 0 Å². The number of fused-ring (bicyclic) bond motifs is 9. The Hall–Kier alpha value is -8.18. The summed E-state index contributed by atoms with van der Waals surface area (Å²) in [6.07, 6.45) is 0. The average Bonchev–Trinajstić information content (AvgIpc) is 4.00. The van der Waals surface area contributed by atoms with Gasteiger partial charge in [0.15, 0.2) is 8.07 Å². The molecule has 0 aliphatic rings. The molecule has 65 heavy (non-hydrogen) atoms. The second kappa shape index (κ2) is 14.7. The molecule has 0 amide bonds. The molecule has 0 bridgehead atoms.